The van der Waals surface area contributed by atoms with Gasteiger partial charge in [0.2, 0.25) is 0 Å². The molecule has 3 aromatic carbocycles. The van der Waals surface area contributed by atoms with Crippen molar-refractivity contribution in [3.63, 3.8) is 0 Å². The highest BCUT2D eigenvalue weighted by Gasteiger charge is 2.29. The zero-order valence-corrected chi connectivity index (χ0v) is 18.9. The second-order valence-electron chi connectivity index (χ2n) is 7.91. The van der Waals surface area contributed by atoms with Gasteiger partial charge >= 0.3 is 12.1 Å². The summed E-state index contributed by atoms with van der Waals surface area (Å²) in [4.78, 5) is 36.0. The van der Waals surface area contributed by atoms with Crippen molar-refractivity contribution in [2.45, 2.75) is 12.0 Å². The van der Waals surface area contributed by atoms with E-state index in [0.29, 0.717) is 5.69 Å². The maximum absolute atomic E-state index is 12.5. The van der Waals surface area contributed by atoms with Crippen molar-refractivity contribution in [1.82, 2.24) is 5.32 Å². The summed E-state index contributed by atoms with van der Waals surface area (Å²) in [6.45, 7) is -0.611. The number of anilines is 1. The predicted octanol–water partition coefficient (Wildman–Crippen LogP) is 3.23. The maximum atomic E-state index is 12.5. The van der Waals surface area contributed by atoms with Crippen LogP contribution in [0.1, 0.15) is 27.4 Å². The van der Waals surface area contributed by atoms with Crippen LogP contribution in [0.4, 0.5) is 10.5 Å². The Morgan fingerprint density at radius 2 is 1.60 bits per heavy atom. The van der Waals surface area contributed by atoms with Crippen LogP contribution in [0.3, 0.4) is 0 Å². The van der Waals surface area contributed by atoms with Gasteiger partial charge in [0.05, 0.1) is 19.3 Å². The molecule has 9 nitrogen and oxygen atoms in total. The molecule has 1 atom stereocenters. The predicted molar refractivity (Wildman–Crippen MR) is 128 cm³/mol. The number of nitrogens with one attached hydrogen (secondary N) is 2. The highest BCUT2D eigenvalue weighted by atomic mass is 16.5. The van der Waals surface area contributed by atoms with Gasteiger partial charge < -0.3 is 25.0 Å². The topological polar surface area (TPSA) is 134 Å². The third-order valence-electron chi connectivity index (χ3n) is 5.82. The molecule has 0 bridgehead atoms. The summed E-state index contributed by atoms with van der Waals surface area (Å²) in [6, 6.07) is 18.9. The van der Waals surface area contributed by atoms with Gasteiger partial charge in [-0.3, -0.25) is 10.1 Å². The van der Waals surface area contributed by atoms with E-state index >= 15 is 0 Å². The summed E-state index contributed by atoms with van der Waals surface area (Å²) < 4.78 is 10.7. The van der Waals surface area contributed by atoms with E-state index in [1.807, 2.05) is 36.4 Å². The maximum Gasteiger partial charge on any atom is 0.411 e. The number of methoxy groups -OCH3 is 1. The van der Waals surface area contributed by atoms with Crippen molar-refractivity contribution in [2.75, 3.05) is 25.6 Å². The standard InChI is InChI=1S/C26H24N2O7/c1-34-23-12-15(10-11-20(23)24(30)28-22(13-29)25(31)32)27-26(33)35-14-21-18-8-4-2-6-16(18)17-7-3-5-9-19(17)21/h2-12,21-22,29H,13-14H2,1H3,(H,27,33)(H,28,30)(H,31,32). The first-order valence-electron chi connectivity index (χ1n) is 10.9. The molecule has 4 N–H and O–H groups in total. The van der Waals surface area contributed by atoms with Crippen LogP contribution in [0.2, 0.25) is 0 Å². The molecular formula is C26H24N2O7. The molecule has 0 saturated carbocycles. The number of rotatable bonds is 8. The average Bonchev–Trinajstić information content (AvgIpc) is 3.19. The molecule has 180 valence electrons. The molecule has 0 aromatic heterocycles. The summed E-state index contributed by atoms with van der Waals surface area (Å²) in [5.74, 6) is -2.08. The van der Waals surface area contributed by atoms with Crippen LogP contribution < -0.4 is 15.4 Å². The van der Waals surface area contributed by atoms with Crippen molar-refractivity contribution in [3.05, 3.63) is 83.4 Å². The third kappa shape index (κ3) is 4.95. The number of carbonyl (C=O) groups excluding carboxylic acids is 2. The van der Waals surface area contributed by atoms with Gasteiger partial charge in [-0.15, -0.1) is 0 Å². The number of carbonyl (C=O) groups is 3. The van der Waals surface area contributed by atoms with Crippen LogP contribution in [-0.4, -0.2) is 54.5 Å². The van der Waals surface area contributed by atoms with Crippen molar-refractivity contribution in [2.24, 2.45) is 0 Å². The number of carboxylic acids is 1. The molecule has 0 spiro atoms. The molecule has 3 aromatic rings. The fourth-order valence-electron chi connectivity index (χ4n) is 4.13. The summed E-state index contributed by atoms with van der Waals surface area (Å²) in [7, 11) is 1.34. The lowest BCUT2D eigenvalue weighted by Gasteiger charge is -2.16. The first-order valence-corrected chi connectivity index (χ1v) is 10.9. The lowest BCUT2D eigenvalue weighted by molar-refractivity contribution is -0.140. The van der Waals surface area contributed by atoms with Gasteiger partial charge in [-0.2, -0.15) is 0 Å². The minimum atomic E-state index is -1.45. The lowest BCUT2D eigenvalue weighted by atomic mass is 9.98. The fraction of sp³-hybridized carbons (Fsp3) is 0.192. The van der Waals surface area contributed by atoms with E-state index in [0.717, 1.165) is 22.3 Å². The summed E-state index contributed by atoms with van der Waals surface area (Å²) in [5, 5.41) is 22.9. The molecule has 1 aliphatic carbocycles. The van der Waals surface area contributed by atoms with Crippen molar-refractivity contribution < 1.29 is 34.1 Å². The van der Waals surface area contributed by atoms with E-state index < -0.39 is 30.6 Å². The molecule has 9 heteroatoms. The van der Waals surface area contributed by atoms with Gasteiger partial charge in [0.1, 0.15) is 12.4 Å². The highest BCUT2D eigenvalue weighted by molar-refractivity contribution is 6.00. The largest absolute Gasteiger partial charge is 0.496 e. The van der Waals surface area contributed by atoms with Crippen molar-refractivity contribution >= 4 is 23.7 Å². The molecule has 0 heterocycles. The van der Waals surface area contributed by atoms with E-state index in [-0.39, 0.29) is 23.8 Å². The zero-order valence-electron chi connectivity index (χ0n) is 18.9. The summed E-state index contributed by atoms with van der Waals surface area (Å²) in [6.07, 6.45) is -0.669. The Kier molecular flexibility index (Phi) is 6.98. The van der Waals surface area contributed by atoms with Gasteiger partial charge in [-0.1, -0.05) is 48.5 Å². The Labute approximate surface area is 201 Å². The number of hydrogen-bond acceptors (Lipinski definition) is 6. The van der Waals surface area contributed by atoms with E-state index in [4.69, 9.17) is 19.7 Å². The second-order valence-corrected chi connectivity index (χ2v) is 7.91. The van der Waals surface area contributed by atoms with Crippen molar-refractivity contribution in [3.8, 4) is 16.9 Å². The molecule has 0 saturated heterocycles. The van der Waals surface area contributed by atoms with Crippen molar-refractivity contribution in [1.29, 1.82) is 0 Å². The van der Waals surface area contributed by atoms with Gasteiger partial charge in [-0.25, -0.2) is 9.59 Å². The number of carboxylic acid groups (broad SMARTS) is 1. The molecule has 2 amide bonds. The Morgan fingerprint density at radius 1 is 0.971 bits per heavy atom. The first kappa shape index (κ1) is 23.8. The molecule has 4 rings (SSSR count). The molecular weight excluding hydrogens is 452 g/mol. The first-order chi connectivity index (χ1) is 16.9. The number of aliphatic hydroxyl groups is 1. The van der Waals surface area contributed by atoms with Crippen LogP contribution in [0.15, 0.2) is 66.7 Å². The molecule has 0 radical (unpaired) electrons. The number of amides is 2. The zero-order chi connectivity index (χ0) is 24.9. The number of aliphatic carboxylic acids is 1. The average molecular weight is 476 g/mol. The van der Waals surface area contributed by atoms with E-state index in [2.05, 4.69) is 22.8 Å². The number of fused-ring (bicyclic) bond motifs is 3. The van der Waals surface area contributed by atoms with Gasteiger partial charge in [0, 0.05) is 17.7 Å². The Morgan fingerprint density at radius 3 is 2.17 bits per heavy atom. The lowest BCUT2D eigenvalue weighted by Crippen LogP contribution is -2.43. The minimum absolute atomic E-state index is 0.0466. The summed E-state index contributed by atoms with van der Waals surface area (Å²) >= 11 is 0. The number of benzene rings is 3. The van der Waals surface area contributed by atoms with E-state index in [1.165, 1.54) is 25.3 Å². The third-order valence-corrected chi connectivity index (χ3v) is 5.82. The van der Waals surface area contributed by atoms with Gasteiger partial charge in [0.15, 0.2) is 6.04 Å². The minimum Gasteiger partial charge on any atom is -0.496 e. The van der Waals surface area contributed by atoms with Gasteiger partial charge in [-0.05, 0) is 34.4 Å². The SMILES string of the molecule is COc1cc(NC(=O)OCC2c3ccccc3-c3ccccc32)ccc1C(=O)NC(CO)C(=O)O. The quantitative estimate of drug-likeness (QED) is 0.392. The molecule has 0 fully saturated rings. The van der Waals surface area contributed by atoms with Gasteiger partial charge in [0.25, 0.3) is 5.91 Å². The molecule has 1 unspecified atom stereocenters. The number of ether oxygens (including phenoxy) is 2. The smallest absolute Gasteiger partial charge is 0.411 e. The van der Waals surface area contributed by atoms with Crippen LogP contribution >= 0.6 is 0 Å². The van der Waals surface area contributed by atoms with Crippen LogP contribution in [-0.2, 0) is 9.53 Å². The Balaban J connectivity index is 1.43. The van der Waals surface area contributed by atoms with E-state index in [1.54, 1.807) is 0 Å². The molecule has 35 heavy (non-hydrogen) atoms. The summed E-state index contributed by atoms with van der Waals surface area (Å²) in [5.41, 5.74) is 4.82. The number of aliphatic hydroxyl groups excluding tert-OH is 1. The van der Waals surface area contributed by atoms with E-state index in [9.17, 15) is 14.4 Å². The van der Waals surface area contributed by atoms with Crippen LogP contribution in [0.5, 0.6) is 5.75 Å². The molecule has 1 aliphatic rings. The molecule has 0 aliphatic heterocycles. The monoisotopic (exact) mass is 476 g/mol. The Bertz CT molecular complexity index is 1230. The number of hydrogen-bond donors (Lipinski definition) is 4. The van der Waals surface area contributed by atoms with Crippen LogP contribution in [0, 0.1) is 0 Å². The fourth-order valence-corrected chi connectivity index (χ4v) is 4.13. The Hall–Kier alpha value is -4.37. The van der Waals surface area contributed by atoms with Crippen LogP contribution in [0.25, 0.3) is 11.1 Å². The normalized spacial score (nSPS) is 12.7. The highest BCUT2D eigenvalue weighted by Crippen LogP contribution is 2.44. The second kappa shape index (κ2) is 10.3.